The standard InChI is InChI=1S/C17H15Cl2FN2O3/c1-7-6-21-15(19)13(20)14(7)22-8(2)4-10(12(18)16(22)23)9-5-11(9)17(24)25-3/h4,6,9,11H,5H2,1-3H3/t9-,11+/m1/s1. The molecule has 3 rings (SSSR count). The van der Waals surface area contributed by atoms with E-state index in [1.807, 2.05) is 0 Å². The zero-order valence-electron chi connectivity index (χ0n) is 13.8. The summed E-state index contributed by atoms with van der Waals surface area (Å²) in [5.41, 5.74) is 0.987. The summed E-state index contributed by atoms with van der Waals surface area (Å²) in [7, 11) is 1.32. The minimum absolute atomic E-state index is 0.0243. The molecule has 1 fully saturated rings. The maximum absolute atomic E-state index is 14.5. The van der Waals surface area contributed by atoms with Gasteiger partial charge in [0.1, 0.15) is 5.02 Å². The van der Waals surface area contributed by atoms with Gasteiger partial charge in [-0.15, -0.1) is 0 Å². The Morgan fingerprint density at radius 1 is 1.40 bits per heavy atom. The third-order valence-corrected chi connectivity index (χ3v) is 5.06. The van der Waals surface area contributed by atoms with Crippen LogP contribution in [0.4, 0.5) is 4.39 Å². The van der Waals surface area contributed by atoms with Gasteiger partial charge in [0.05, 0.1) is 18.7 Å². The largest absolute Gasteiger partial charge is 0.469 e. The van der Waals surface area contributed by atoms with Gasteiger partial charge in [-0.3, -0.25) is 14.2 Å². The second kappa shape index (κ2) is 6.42. The summed E-state index contributed by atoms with van der Waals surface area (Å²) in [6, 6.07) is 1.70. The topological polar surface area (TPSA) is 61.2 Å². The quantitative estimate of drug-likeness (QED) is 0.599. The first-order valence-electron chi connectivity index (χ1n) is 7.58. The molecule has 0 bridgehead atoms. The zero-order chi connectivity index (χ0) is 18.5. The molecule has 0 spiro atoms. The molecule has 0 unspecified atom stereocenters. The number of methoxy groups -OCH3 is 1. The first-order chi connectivity index (χ1) is 11.8. The van der Waals surface area contributed by atoms with E-state index in [1.54, 1.807) is 19.9 Å². The number of nitrogens with zero attached hydrogens (tertiary/aromatic N) is 2. The number of aromatic nitrogens is 2. The van der Waals surface area contributed by atoms with E-state index in [9.17, 15) is 14.0 Å². The molecule has 132 valence electrons. The Kier molecular flexibility index (Phi) is 4.60. The van der Waals surface area contributed by atoms with Crippen molar-refractivity contribution in [3.8, 4) is 5.69 Å². The van der Waals surface area contributed by atoms with Crippen molar-refractivity contribution in [1.29, 1.82) is 0 Å². The van der Waals surface area contributed by atoms with Crippen molar-refractivity contribution in [2.24, 2.45) is 5.92 Å². The number of rotatable bonds is 3. The molecule has 2 atom stereocenters. The third kappa shape index (κ3) is 2.93. The van der Waals surface area contributed by atoms with Crippen molar-refractivity contribution in [1.82, 2.24) is 9.55 Å². The lowest BCUT2D eigenvalue weighted by atomic mass is 10.1. The van der Waals surface area contributed by atoms with Gasteiger partial charge >= 0.3 is 5.97 Å². The van der Waals surface area contributed by atoms with Gasteiger partial charge in [0.15, 0.2) is 11.0 Å². The number of carbonyl (C=O) groups excluding carboxylic acids is 1. The van der Waals surface area contributed by atoms with Crippen LogP contribution in [0.15, 0.2) is 17.1 Å². The monoisotopic (exact) mass is 384 g/mol. The van der Waals surface area contributed by atoms with E-state index in [0.29, 0.717) is 23.2 Å². The Labute approximate surface area is 153 Å². The highest BCUT2D eigenvalue weighted by atomic mass is 35.5. The van der Waals surface area contributed by atoms with E-state index < -0.39 is 11.4 Å². The zero-order valence-corrected chi connectivity index (χ0v) is 15.3. The molecule has 0 aromatic carbocycles. The number of halogens is 3. The highest BCUT2D eigenvalue weighted by Crippen LogP contribution is 2.49. The average Bonchev–Trinajstić information content (AvgIpc) is 3.37. The molecule has 0 N–H and O–H groups in total. The Hall–Kier alpha value is -1.92. The van der Waals surface area contributed by atoms with Crippen LogP contribution in [0.1, 0.15) is 29.2 Å². The third-order valence-electron chi connectivity index (χ3n) is 4.41. The van der Waals surface area contributed by atoms with Crippen molar-refractivity contribution in [3.05, 3.63) is 55.4 Å². The average molecular weight is 385 g/mol. The Bertz CT molecular complexity index is 942. The molecule has 1 aliphatic rings. The van der Waals surface area contributed by atoms with Crippen molar-refractivity contribution in [2.75, 3.05) is 7.11 Å². The van der Waals surface area contributed by atoms with E-state index in [-0.39, 0.29) is 33.7 Å². The van der Waals surface area contributed by atoms with Gasteiger partial charge in [-0.2, -0.15) is 0 Å². The van der Waals surface area contributed by atoms with Crippen LogP contribution in [-0.4, -0.2) is 22.6 Å². The number of aryl methyl sites for hydroxylation is 2. The number of hydrogen-bond acceptors (Lipinski definition) is 4. The molecule has 2 aromatic heterocycles. The highest BCUT2D eigenvalue weighted by Gasteiger charge is 2.46. The van der Waals surface area contributed by atoms with Crippen LogP contribution in [0.3, 0.4) is 0 Å². The van der Waals surface area contributed by atoms with Crippen LogP contribution in [0.2, 0.25) is 10.2 Å². The predicted molar refractivity (Wildman–Crippen MR) is 92.2 cm³/mol. The van der Waals surface area contributed by atoms with Gasteiger partial charge in [0, 0.05) is 11.9 Å². The fourth-order valence-electron chi connectivity index (χ4n) is 3.05. The van der Waals surface area contributed by atoms with Gasteiger partial charge in [0.25, 0.3) is 5.56 Å². The van der Waals surface area contributed by atoms with E-state index >= 15 is 0 Å². The first-order valence-corrected chi connectivity index (χ1v) is 8.34. The molecule has 5 nitrogen and oxygen atoms in total. The molecular formula is C17H15Cl2FN2O3. The number of pyridine rings is 2. The van der Waals surface area contributed by atoms with Gasteiger partial charge in [0.2, 0.25) is 0 Å². The summed E-state index contributed by atoms with van der Waals surface area (Å²) >= 11 is 12.0. The highest BCUT2D eigenvalue weighted by molar-refractivity contribution is 6.31. The normalized spacial score (nSPS) is 19.0. The Morgan fingerprint density at radius 2 is 2.08 bits per heavy atom. The molecule has 8 heteroatoms. The second-order valence-corrected chi connectivity index (χ2v) is 6.80. The van der Waals surface area contributed by atoms with Crippen molar-refractivity contribution in [3.63, 3.8) is 0 Å². The number of hydrogen-bond donors (Lipinski definition) is 0. The second-order valence-electron chi connectivity index (χ2n) is 6.06. The predicted octanol–water partition coefficient (Wildman–Crippen LogP) is 3.57. The van der Waals surface area contributed by atoms with Gasteiger partial charge < -0.3 is 4.74 Å². The van der Waals surface area contributed by atoms with Gasteiger partial charge in [-0.05, 0) is 43.4 Å². The van der Waals surface area contributed by atoms with Gasteiger partial charge in [-0.1, -0.05) is 23.2 Å². The van der Waals surface area contributed by atoms with Crippen molar-refractivity contribution in [2.45, 2.75) is 26.2 Å². The van der Waals surface area contributed by atoms with Crippen molar-refractivity contribution >= 4 is 29.2 Å². The van der Waals surface area contributed by atoms with Crippen molar-refractivity contribution < 1.29 is 13.9 Å². The number of esters is 1. The lowest BCUT2D eigenvalue weighted by Gasteiger charge is -2.16. The number of carbonyl (C=O) groups is 1. The summed E-state index contributed by atoms with van der Waals surface area (Å²) < 4.78 is 20.4. The molecule has 25 heavy (non-hydrogen) atoms. The van der Waals surface area contributed by atoms with E-state index in [4.69, 9.17) is 27.9 Å². The summed E-state index contributed by atoms with van der Waals surface area (Å²) in [5.74, 6) is -1.57. The molecular weight excluding hydrogens is 370 g/mol. The van der Waals surface area contributed by atoms with Crippen LogP contribution < -0.4 is 5.56 Å². The summed E-state index contributed by atoms with van der Waals surface area (Å²) in [6.07, 6.45) is 1.96. The molecule has 2 aromatic rings. The van der Waals surface area contributed by atoms with Gasteiger partial charge in [-0.25, -0.2) is 9.37 Å². The molecule has 2 heterocycles. The van der Waals surface area contributed by atoms with Crippen LogP contribution in [0.5, 0.6) is 0 Å². The Morgan fingerprint density at radius 3 is 2.72 bits per heavy atom. The van der Waals surface area contributed by atoms with E-state index in [0.717, 1.165) is 0 Å². The molecule has 0 amide bonds. The molecule has 1 saturated carbocycles. The lowest BCUT2D eigenvalue weighted by Crippen LogP contribution is -2.24. The minimum atomic E-state index is -0.783. The van der Waals surface area contributed by atoms with E-state index in [2.05, 4.69) is 4.98 Å². The number of ether oxygens (including phenoxy) is 1. The van der Waals surface area contributed by atoms with Crippen LogP contribution in [-0.2, 0) is 9.53 Å². The smallest absolute Gasteiger partial charge is 0.309 e. The van der Waals surface area contributed by atoms with Crippen LogP contribution in [0.25, 0.3) is 5.69 Å². The SMILES string of the molecule is COC(=O)[C@H]1C[C@@H]1c1cc(C)n(-c2c(C)cnc(Cl)c2F)c(=O)c1Cl. The maximum Gasteiger partial charge on any atom is 0.309 e. The summed E-state index contributed by atoms with van der Waals surface area (Å²) in [6.45, 7) is 3.30. The van der Waals surface area contributed by atoms with Crippen LogP contribution >= 0.6 is 23.2 Å². The summed E-state index contributed by atoms with van der Waals surface area (Å²) in [4.78, 5) is 28.2. The Balaban J connectivity index is 2.14. The summed E-state index contributed by atoms with van der Waals surface area (Å²) in [5, 5.41) is -0.353. The fourth-order valence-corrected chi connectivity index (χ4v) is 3.47. The maximum atomic E-state index is 14.5. The first kappa shape index (κ1) is 17.9. The molecule has 0 aliphatic heterocycles. The fraction of sp³-hybridized carbons (Fsp3) is 0.353. The van der Waals surface area contributed by atoms with E-state index in [1.165, 1.54) is 17.9 Å². The lowest BCUT2D eigenvalue weighted by molar-refractivity contribution is -0.142. The van der Waals surface area contributed by atoms with Crippen LogP contribution in [0, 0.1) is 25.6 Å². The molecule has 1 aliphatic carbocycles. The minimum Gasteiger partial charge on any atom is -0.469 e. The molecule has 0 radical (unpaired) electrons. The molecule has 0 saturated heterocycles.